The van der Waals surface area contributed by atoms with Crippen molar-refractivity contribution in [1.29, 1.82) is 0 Å². The molecule has 1 aliphatic rings. The van der Waals surface area contributed by atoms with Crippen LogP contribution in [0, 0.1) is 5.92 Å². The lowest BCUT2D eigenvalue weighted by Crippen LogP contribution is -2.37. The van der Waals surface area contributed by atoms with Crippen LogP contribution in [0.2, 0.25) is 0 Å². The number of nitrogens with two attached hydrogens (primary N) is 1. The molecule has 0 amide bonds. The molecule has 102 valence electrons. The van der Waals surface area contributed by atoms with Crippen molar-refractivity contribution in [2.75, 3.05) is 11.9 Å². The Morgan fingerprint density at radius 3 is 2.83 bits per heavy atom. The molecular formula is C13H24N4S. The Balaban J connectivity index is 1.91. The van der Waals surface area contributed by atoms with Gasteiger partial charge >= 0.3 is 0 Å². The van der Waals surface area contributed by atoms with Crippen LogP contribution in [0.1, 0.15) is 51.3 Å². The first kappa shape index (κ1) is 13.7. The average molecular weight is 268 g/mol. The molecule has 1 saturated carbocycles. The van der Waals surface area contributed by atoms with Crippen molar-refractivity contribution < 1.29 is 0 Å². The fraction of sp³-hybridized carbons (Fsp3) is 0.846. The number of rotatable bonds is 6. The van der Waals surface area contributed by atoms with Gasteiger partial charge in [0.2, 0.25) is 5.13 Å². The lowest BCUT2D eigenvalue weighted by atomic mass is 9.84. The van der Waals surface area contributed by atoms with Crippen LogP contribution in [0.3, 0.4) is 0 Å². The maximum Gasteiger partial charge on any atom is 0.202 e. The predicted octanol–water partition coefficient (Wildman–Crippen LogP) is 2.81. The number of aromatic nitrogens is 2. The number of anilines is 1. The van der Waals surface area contributed by atoms with Crippen LogP contribution >= 0.6 is 11.5 Å². The zero-order chi connectivity index (χ0) is 12.8. The van der Waals surface area contributed by atoms with Crippen LogP contribution in [0.15, 0.2) is 0 Å². The van der Waals surface area contributed by atoms with E-state index in [0.29, 0.717) is 18.5 Å². The van der Waals surface area contributed by atoms with Gasteiger partial charge in [-0.3, -0.25) is 0 Å². The Kier molecular flexibility index (Phi) is 5.38. The van der Waals surface area contributed by atoms with Crippen LogP contribution in [0.25, 0.3) is 0 Å². The van der Waals surface area contributed by atoms with E-state index in [0.717, 1.165) is 23.8 Å². The van der Waals surface area contributed by atoms with E-state index in [2.05, 4.69) is 21.6 Å². The van der Waals surface area contributed by atoms with Gasteiger partial charge in [0.15, 0.2) is 0 Å². The molecule has 1 aromatic rings. The third-order valence-electron chi connectivity index (χ3n) is 3.72. The summed E-state index contributed by atoms with van der Waals surface area (Å²) in [6.45, 7) is 2.84. The Hall–Kier alpha value is -0.680. The third kappa shape index (κ3) is 3.65. The van der Waals surface area contributed by atoms with E-state index in [1.54, 1.807) is 0 Å². The topological polar surface area (TPSA) is 63.8 Å². The first-order valence-corrected chi connectivity index (χ1v) is 7.90. The highest BCUT2D eigenvalue weighted by molar-refractivity contribution is 7.09. The van der Waals surface area contributed by atoms with Gasteiger partial charge in [-0.25, -0.2) is 4.98 Å². The van der Waals surface area contributed by atoms with Crippen LogP contribution < -0.4 is 11.1 Å². The normalized spacial score (nSPS) is 18.8. The summed E-state index contributed by atoms with van der Waals surface area (Å²) in [5, 5.41) is 4.44. The van der Waals surface area contributed by atoms with E-state index < -0.39 is 0 Å². The number of aryl methyl sites for hydroxylation is 1. The predicted molar refractivity (Wildman–Crippen MR) is 76.9 cm³/mol. The van der Waals surface area contributed by atoms with Gasteiger partial charge in [0, 0.05) is 30.5 Å². The zero-order valence-electron chi connectivity index (χ0n) is 11.2. The molecule has 0 saturated heterocycles. The molecule has 0 aliphatic heterocycles. The van der Waals surface area contributed by atoms with Gasteiger partial charge in [0.25, 0.3) is 0 Å². The molecule has 1 heterocycles. The number of hydrogen-bond donors (Lipinski definition) is 2. The molecule has 0 radical (unpaired) electrons. The van der Waals surface area contributed by atoms with Gasteiger partial charge < -0.3 is 11.1 Å². The molecule has 1 aliphatic carbocycles. The lowest BCUT2D eigenvalue weighted by Gasteiger charge is -2.29. The SMILES string of the molecule is CCCc1nsc(NC(CN)C2CCCCC2)n1. The van der Waals surface area contributed by atoms with Crippen molar-refractivity contribution in [3.05, 3.63) is 5.82 Å². The molecule has 3 N–H and O–H groups in total. The molecule has 1 atom stereocenters. The maximum atomic E-state index is 5.91. The second-order valence-electron chi connectivity index (χ2n) is 5.15. The highest BCUT2D eigenvalue weighted by Crippen LogP contribution is 2.28. The summed E-state index contributed by atoms with van der Waals surface area (Å²) in [5.74, 6) is 1.67. The van der Waals surface area contributed by atoms with Crippen molar-refractivity contribution in [2.24, 2.45) is 11.7 Å². The van der Waals surface area contributed by atoms with E-state index in [9.17, 15) is 0 Å². The van der Waals surface area contributed by atoms with E-state index in [1.165, 1.54) is 43.6 Å². The molecule has 18 heavy (non-hydrogen) atoms. The van der Waals surface area contributed by atoms with Gasteiger partial charge in [-0.05, 0) is 25.2 Å². The molecule has 0 aromatic carbocycles. The Bertz CT molecular complexity index is 347. The summed E-state index contributed by atoms with van der Waals surface area (Å²) in [4.78, 5) is 4.52. The largest absolute Gasteiger partial charge is 0.356 e. The second-order valence-corrected chi connectivity index (χ2v) is 5.90. The third-order valence-corrected chi connectivity index (χ3v) is 4.41. The summed E-state index contributed by atoms with van der Waals surface area (Å²) in [6.07, 6.45) is 8.74. The van der Waals surface area contributed by atoms with E-state index in [4.69, 9.17) is 5.73 Å². The van der Waals surface area contributed by atoms with Gasteiger partial charge in [-0.1, -0.05) is 26.2 Å². The van der Waals surface area contributed by atoms with Crippen LogP contribution in [0.5, 0.6) is 0 Å². The average Bonchev–Trinajstić information content (AvgIpc) is 2.85. The Morgan fingerprint density at radius 1 is 1.39 bits per heavy atom. The van der Waals surface area contributed by atoms with Crippen molar-refractivity contribution in [2.45, 2.75) is 57.9 Å². The van der Waals surface area contributed by atoms with Gasteiger partial charge in [-0.15, -0.1) is 0 Å². The minimum atomic E-state index is 0.368. The monoisotopic (exact) mass is 268 g/mol. The molecule has 0 spiro atoms. The van der Waals surface area contributed by atoms with E-state index in [-0.39, 0.29) is 0 Å². The Morgan fingerprint density at radius 2 is 2.17 bits per heavy atom. The number of hydrogen-bond acceptors (Lipinski definition) is 5. The van der Waals surface area contributed by atoms with Gasteiger partial charge in [-0.2, -0.15) is 4.37 Å². The second kappa shape index (κ2) is 7.04. The quantitative estimate of drug-likeness (QED) is 0.832. The molecule has 5 heteroatoms. The molecule has 1 aromatic heterocycles. The molecule has 2 rings (SSSR count). The fourth-order valence-corrected chi connectivity index (χ4v) is 3.38. The minimum Gasteiger partial charge on any atom is -0.356 e. The summed E-state index contributed by atoms with van der Waals surface area (Å²) in [5.41, 5.74) is 5.91. The van der Waals surface area contributed by atoms with Gasteiger partial charge in [0.05, 0.1) is 0 Å². The summed E-state index contributed by atoms with van der Waals surface area (Å²) >= 11 is 1.47. The van der Waals surface area contributed by atoms with Crippen molar-refractivity contribution in [3.8, 4) is 0 Å². The summed E-state index contributed by atoms with van der Waals surface area (Å²) < 4.78 is 4.37. The summed E-state index contributed by atoms with van der Waals surface area (Å²) in [7, 11) is 0. The van der Waals surface area contributed by atoms with Crippen LogP contribution in [0.4, 0.5) is 5.13 Å². The number of nitrogens with one attached hydrogen (secondary N) is 1. The highest BCUT2D eigenvalue weighted by atomic mass is 32.1. The van der Waals surface area contributed by atoms with Crippen molar-refractivity contribution in [1.82, 2.24) is 9.36 Å². The standard InChI is InChI=1S/C13H24N4S/c1-2-6-12-16-13(18-17-12)15-11(9-14)10-7-4-3-5-8-10/h10-11H,2-9,14H2,1H3,(H,15,16,17). The van der Waals surface area contributed by atoms with E-state index in [1.807, 2.05) is 0 Å². The first-order valence-electron chi connectivity index (χ1n) is 7.12. The molecule has 1 unspecified atom stereocenters. The van der Waals surface area contributed by atoms with Crippen molar-refractivity contribution >= 4 is 16.7 Å². The highest BCUT2D eigenvalue weighted by Gasteiger charge is 2.23. The maximum absolute atomic E-state index is 5.91. The van der Waals surface area contributed by atoms with Gasteiger partial charge in [0.1, 0.15) is 5.82 Å². The summed E-state index contributed by atoms with van der Waals surface area (Å²) in [6, 6.07) is 0.368. The fourth-order valence-electron chi connectivity index (χ4n) is 2.70. The Labute approximate surface area is 114 Å². The first-order chi connectivity index (χ1) is 8.83. The molecule has 1 fully saturated rings. The molecular weight excluding hydrogens is 244 g/mol. The zero-order valence-corrected chi connectivity index (χ0v) is 12.0. The number of nitrogens with zero attached hydrogens (tertiary/aromatic N) is 2. The molecule has 0 bridgehead atoms. The van der Waals surface area contributed by atoms with Crippen LogP contribution in [-0.2, 0) is 6.42 Å². The smallest absolute Gasteiger partial charge is 0.202 e. The van der Waals surface area contributed by atoms with Crippen LogP contribution in [-0.4, -0.2) is 21.9 Å². The minimum absolute atomic E-state index is 0.368. The lowest BCUT2D eigenvalue weighted by molar-refractivity contribution is 0.320. The van der Waals surface area contributed by atoms with Crippen molar-refractivity contribution in [3.63, 3.8) is 0 Å². The van der Waals surface area contributed by atoms with E-state index >= 15 is 0 Å². The molecule has 4 nitrogen and oxygen atoms in total.